The maximum atomic E-state index is 5.14. The van der Waals surface area contributed by atoms with Gasteiger partial charge in [-0.2, -0.15) is 0 Å². The van der Waals surface area contributed by atoms with Gasteiger partial charge >= 0.3 is 0 Å². The van der Waals surface area contributed by atoms with Crippen LogP contribution < -0.4 is 0 Å². The van der Waals surface area contributed by atoms with Crippen molar-refractivity contribution < 1.29 is 4.42 Å². The van der Waals surface area contributed by atoms with E-state index in [2.05, 4.69) is 26.9 Å². The van der Waals surface area contributed by atoms with Crippen molar-refractivity contribution in [2.75, 3.05) is 26.2 Å². The number of aromatic nitrogens is 1. The Morgan fingerprint density at radius 2 is 1.95 bits per heavy atom. The van der Waals surface area contributed by atoms with Crippen LogP contribution in [0, 0.1) is 5.41 Å². The van der Waals surface area contributed by atoms with E-state index in [1.807, 2.05) is 24.7 Å². The number of hydrogen-bond acceptors (Lipinski definition) is 4. The average Bonchev–Trinajstić information content (AvgIpc) is 3.10. The minimum Gasteiger partial charge on any atom is -0.472 e. The van der Waals surface area contributed by atoms with Gasteiger partial charge in [-0.15, -0.1) is 0 Å². The van der Waals surface area contributed by atoms with Crippen molar-refractivity contribution in [3.05, 3.63) is 54.2 Å². The van der Waals surface area contributed by atoms with Gasteiger partial charge in [0.2, 0.25) is 0 Å². The highest BCUT2D eigenvalue weighted by molar-refractivity contribution is 5.11. The molecule has 110 valence electrons. The molecule has 0 radical (unpaired) electrons. The molecule has 0 atom stereocenters. The largest absolute Gasteiger partial charge is 0.472 e. The quantitative estimate of drug-likeness (QED) is 0.862. The Labute approximate surface area is 125 Å². The van der Waals surface area contributed by atoms with Gasteiger partial charge in [-0.1, -0.05) is 6.07 Å². The van der Waals surface area contributed by atoms with Gasteiger partial charge < -0.3 is 4.42 Å². The molecule has 0 amide bonds. The van der Waals surface area contributed by atoms with E-state index in [9.17, 15) is 0 Å². The summed E-state index contributed by atoms with van der Waals surface area (Å²) >= 11 is 0. The van der Waals surface area contributed by atoms with Crippen molar-refractivity contribution >= 4 is 0 Å². The summed E-state index contributed by atoms with van der Waals surface area (Å²) < 4.78 is 5.14. The van der Waals surface area contributed by atoms with Gasteiger partial charge in [0.1, 0.15) is 0 Å². The zero-order chi connectivity index (χ0) is 14.1. The van der Waals surface area contributed by atoms with Crippen molar-refractivity contribution in [3.63, 3.8) is 0 Å². The fraction of sp³-hybridized carbons (Fsp3) is 0.471. The summed E-state index contributed by atoms with van der Waals surface area (Å²) in [6, 6.07) is 6.26. The fourth-order valence-corrected chi connectivity index (χ4v) is 3.83. The topological polar surface area (TPSA) is 32.5 Å². The van der Waals surface area contributed by atoms with Gasteiger partial charge in [0.15, 0.2) is 0 Å². The molecule has 0 unspecified atom stereocenters. The third-order valence-corrected chi connectivity index (χ3v) is 4.75. The number of furan rings is 1. The van der Waals surface area contributed by atoms with Crippen LogP contribution in [0.1, 0.15) is 17.5 Å². The highest BCUT2D eigenvalue weighted by Crippen LogP contribution is 2.40. The SMILES string of the molecule is c1cncc(CN2CCC3(C2)CN(Cc2ccoc2)C3)c1. The lowest BCUT2D eigenvalue weighted by Gasteiger charge is -2.48. The zero-order valence-electron chi connectivity index (χ0n) is 12.2. The second kappa shape index (κ2) is 5.28. The molecule has 2 saturated heterocycles. The first-order chi connectivity index (χ1) is 10.3. The molecule has 4 nitrogen and oxygen atoms in total. The van der Waals surface area contributed by atoms with Gasteiger partial charge in [0.05, 0.1) is 12.5 Å². The first-order valence-corrected chi connectivity index (χ1v) is 7.66. The molecule has 21 heavy (non-hydrogen) atoms. The smallest absolute Gasteiger partial charge is 0.0947 e. The van der Waals surface area contributed by atoms with Crippen LogP contribution in [0.4, 0.5) is 0 Å². The summed E-state index contributed by atoms with van der Waals surface area (Å²) in [5.41, 5.74) is 3.14. The molecule has 1 spiro atoms. The van der Waals surface area contributed by atoms with Crippen LogP contribution in [0.3, 0.4) is 0 Å². The summed E-state index contributed by atoms with van der Waals surface area (Å²) in [5.74, 6) is 0. The van der Waals surface area contributed by atoms with Crippen LogP contribution in [0.25, 0.3) is 0 Å². The summed E-state index contributed by atoms with van der Waals surface area (Å²) in [6.07, 6.45) is 8.77. The zero-order valence-corrected chi connectivity index (χ0v) is 12.2. The maximum absolute atomic E-state index is 5.14. The molecule has 2 fully saturated rings. The van der Waals surface area contributed by atoms with E-state index in [0.29, 0.717) is 5.41 Å². The van der Waals surface area contributed by atoms with Crippen LogP contribution in [0.2, 0.25) is 0 Å². The van der Waals surface area contributed by atoms with E-state index in [-0.39, 0.29) is 0 Å². The summed E-state index contributed by atoms with van der Waals surface area (Å²) in [7, 11) is 0. The number of rotatable bonds is 4. The number of nitrogens with zero attached hydrogens (tertiary/aromatic N) is 3. The molecule has 4 heteroatoms. The Hall–Kier alpha value is -1.65. The second-order valence-corrected chi connectivity index (χ2v) is 6.60. The molecule has 2 aliphatic rings. The third-order valence-electron chi connectivity index (χ3n) is 4.75. The van der Waals surface area contributed by atoms with E-state index in [1.54, 1.807) is 6.26 Å². The van der Waals surface area contributed by atoms with Crippen LogP contribution >= 0.6 is 0 Å². The molecule has 2 aliphatic heterocycles. The highest BCUT2D eigenvalue weighted by atomic mass is 16.3. The first kappa shape index (κ1) is 13.0. The number of likely N-dealkylation sites (tertiary alicyclic amines) is 2. The summed E-state index contributed by atoms with van der Waals surface area (Å²) in [6.45, 7) is 6.96. The van der Waals surface area contributed by atoms with Gasteiger partial charge in [0.25, 0.3) is 0 Å². The lowest BCUT2D eigenvalue weighted by Crippen LogP contribution is -2.56. The Morgan fingerprint density at radius 3 is 2.71 bits per heavy atom. The van der Waals surface area contributed by atoms with Crippen molar-refractivity contribution in [1.29, 1.82) is 0 Å². The van der Waals surface area contributed by atoms with Gasteiger partial charge in [-0.3, -0.25) is 14.8 Å². The van der Waals surface area contributed by atoms with Crippen LogP contribution in [0.5, 0.6) is 0 Å². The van der Waals surface area contributed by atoms with Crippen molar-refractivity contribution in [3.8, 4) is 0 Å². The molecule has 0 aliphatic carbocycles. The number of hydrogen-bond donors (Lipinski definition) is 0. The van der Waals surface area contributed by atoms with Crippen LogP contribution in [0.15, 0.2) is 47.5 Å². The standard InChI is InChI=1S/C17H21N3O/c1-2-15(8-18-5-1)9-19-6-4-17(12-19)13-20(14-17)10-16-3-7-21-11-16/h1-3,5,7-8,11H,4,6,9-10,12-14H2. The van der Waals surface area contributed by atoms with Gasteiger partial charge in [-0.05, 0) is 30.7 Å². The molecular formula is C17H21N3O. The normalized spacial score (nSPS) is 21.7. The first-order valence-electron chi connectivity index (χ1n) is 7.66. The Kier molecular flexibility index (Phi) is 3.28. The Morgan fingerprint density at radius 1 is 1.10 bits per heavy atom. The van der Waals surface area contributed by atoms with E-state index >= 15 is 0 Å². The van der Waals surface area contributed by atoms with Crippen molar-refractivity contribution in [2.24, 2.45) is 5.41 Å². The molecule has 0 N–H and O–H groups in total. The average molecular weight is 283 g/mol. The fourth-order valence-electron chi connectivity index (χ4n) is 3.83. The monoisotopic (exact) mass is 283 g/mol. The molecule has 2 aromatic heterocycles. The second-order valence-electron chi connectivity index (χ2n) is 6.60. The third kappa shape index (κ3) is 2.74. The molecule has 4 heterocycles. The van der Waals surface area contributed by atoms with E-state index in [0.717, 1.165) is 13.1 Å². The minimum atomic E-state index is 0.534. The summed E-state index contributed by atoms with van der Waals surface area (Å²) in [5, 5.41) is 0. The predicted octanol–water partition coefficient (Wildman–Crippen LogP) is 2.38. The molecule has 4 rings (SSSR count). The van der Waals surface area contributed by atoms with Crippen molar-refractivity contribution in [2.45, 2.75) is 19.5 Å². The van der Waals surface area contributed by atoms with Crippen LogP contribution in [-0.4, -0.2) is 41.0 Å². The molecule has 0 saturated carbocycles. The molecule has 0 bridgehead atoms. The minimum absolute atomic E-state index is 0.534. The maximum Gasteiger partial charge on any atom is 0.0947 e. The number of pyridine rings is 1. The van der Waals surface area contributed by atoms with Gasteiger partial charge in [0, 0.05) is 56.1 Å². The van der Waals surface area contributed by atoms with Crippen LogP contribution in [-0.2, 0) is 13.1 Å². The van der Waals surface area contributed by atoms with Crippen molar-refractivity contribution in [1.82, 2.24) is 14.8 Å². The van der Waals surface area contributed by atoms with Gasteiger partial charge in [-0.25, -0.2) is 0 Å². The van der Waals surface area contributed by atoms with E-state index in [4.69, 9.17) is 4.42 Å². The predicted molar refractivity (Wildman–Crippen MR) is 80.5 cm³/mol. The summed E-state index contributed by atoms with van der Waals surface area (Å²) in [4.78, 5) is 9.31. The lowest BCUT2D eigenvalue weighted by atomic mass is 9.79. The van der Waals surface area contributed by atoms with E-state index < -0.39 is 0 Å². The molecule has 2 aromatic rings. The Bertz CT molecular complexity index is 575. The molecular weight excluding hydrogens is 262 g/mol. The highest BCUT2D eigenvalue weighted by Gasteiger charge is 2.47. The van der Waals surface area contributed by atoms with E-state index in [1.165, 1.54) is 43.7 Å². The molecule has 0 aromatic carbocycles. The Balaban J connectivity index is 1.29. The lowest BCUT2D eigenvalue weighted by molar-refractivity contribution is 0.00149.